The Morgan fingerprint density at radius 1 is 1.38 bits per heavy atom. The van der Waals surface area contributed by atoms with Crippen molar-refractivity contribution in [3.63, 3.8) is 0 Å². The molecule has 138 valence electrons. The number of thioether (sulfide) groups is 1. The van der Waals surface area contributed by atoms with Gasteiger partial charge in [0, 0.05) is 18.8 Å². The Bertz CT molecular complexity index is 834. The predicted octanol–water partition coefficient (Wildman–Crippen LogP) is 3.35. The lowest BCUT2D eigenvalue weighted by atomic mass is 9.87. The molecule has 1 aromatic carbocycles. The van der Waals surface area contributed by atoms with Gasteiger partial charge in [-0.05, 0) is 36.8 Å². The molecule has 1 aromatic heterocycles. The molecule has 3 rings (SSSR count). The molecule has 6 heteroatoms. The Balaban J connectivity index is 1.66. The van der Waals surface area contributed by atoms with Crippen LogP contribution in [0.1, 0.15) is 49.0 Å². The summed E-state index contributed by atoms with van der Waals surface area (Å²) in [4.78, 5) is 33.5. The standard InChI is InChI=1S/C20H25N3O2S/c1-3-7-15-12-18(24)22-20(21-15)26-13-19(25)23(2)17-11-6-9-14-8-4-5-10-16(14)17/h4-5,8,10,12,17H,3,6-7,9,11,13H2,1-2H3,(H,21,22,24)/t17-/m1/s1. The van der Waals surface area contributed by atoms with Crippen LogP contribution in [0.25, 0.3) is 0 Å². The third kappa shape index (κ3) is 4.36. The fourth-order valence-electron chi connectivity index (χ4n) is 3.47. The molecule has 1 amide bonds. The quantitative estimate of drug-likeness (QED) is 0.625. The fraction of sp³-hybridized carbons (Fsp3) is 0.450. The van der Waals surface area contributed by atoms with E-state index in [1.165, 1.54) is 29.0 Å². The maximum atomic E-state index is 12.7. The van der Waals surface area contributed by atoms with Gasteiger partial charge in [-0.2, -0.15) is 0 Å². The van der Waals surface area contributed by atoms with Crippen molar-refractivity contribution in [2.24, 2.45) is 0 Å². The number of carbonyl (C=O) groups is 1. The van der Waals surface area contributed by atoms with Crippen molar-refractivity contribution in [1.29, 1.82) is 0 Å². The number of amides is 1. The summed E-state index contributed by atoms with van der Waals surface area (Å²) in [6.07, 6.45) is 4.87. The fourth-order valence-corrected chi connectivity index (χ4v) is 4.29. The van der Waals surface area contributed by atoms with E-state index in [9.17, 15) is 9.59 Å². The zero-order valence-electron chi connectivity index (χ0n) is 15.3. The van der Waals surface area contributed by atoms with Crippen molar-refractivity contribution in [1.82, 2.24) is 14.9 Å². The third-order valence-corrected chi connectivity index (χ3v) is 5.67. The number of aromatic amines is 1. The highest BCUT2D eigenvalue weighted by Crippen LogP contribution is 2.33. The first kappa shape index (κ1) is 18.7. The maximum Gasteiger partial charge on any atom is 0.251 e. The second kappa shape index (κ2) is 8.54. The first-order valence-corrected chi connectivity index (χ1v) is 10.1. The third-order valence-electron chi connectivity index (χ3n) is 4.81. The van der Waals surface area contributed by atoms with E-state index in [4.69, 9.17) is 0 Å². The number of carbonyl (C=O) groups excluding carboxylic acids is 1. The van der Waals surface area contributed by atoms with Gasteiger partial charge in [0.15, 0.2) is 5.16 Å². The monoisotopic (exact) mass is 371 g/mol. The van der Waals surface area contributed by atoms with Gasteiger partial charge in [-0.15, -0.1) is 0 Å². The highest BCUT2D eigenvalue weighted by atomic mass is 32.2. The Morgan fingerprint density at radius 2 is 2.19 bits per heavy atom. The van der Waals surface area contributed by atoms with Gasteiger partial charge in [0.2, 0.25) is 5.91 Å². The second-order valence-electron chi connectivity index (χ2n) is 6.69. The molecular formula is C20H25N3O2S. The van der Waals surface area contributed by atoms with Gasteiger partial charge >= 0.3 is 0 Å². The molecule has 0 radical (unpaired) electrons. The number of nitrogens with one attached hydrogen (secondary N) is 1. The van der Waals surface area contributed by atoms with Crippen LogP contribution < -0.4 is 5.56 Å². The Hall–Kier alpha value is -2.08. The van der Waals surface area contributed by atoms with Crippen LogP contribution in [0, 0.1) is 0 Å². The zero-order valence-corrected chi connectivity index (χ0v) is 16.1. The van der Waals surface area contributed by atoms with E-state index in [2.05, 4.69) is 35.1 Å². The summed E-state index contributed by atoms with van der Waals surface area (Å²) < 4.78 is 0. The summed E-state index contributed by atoms with van der Waals surface area (Å²) in [6, 6.07) is 10.0. The molecule has 0 aliphatic heterocycles. The van der Waals surface area contributed by atoms with Gasteiger partial charge in [-0.3, -0.25) is 9.59 Å². The van der Waals surface area contributed by atoms with Crippen LogP contribution in [0.15, 0.2) is 40.3 Å². The number of benzene rings is 1. The topological polar surface area (TPSA) is 66.1 Å². The minimum absolute atomic E-state index is 0.0558. The first-order valence-electron chi connectivity index (χ1n) is 9.15. The molecule has 1 atom stereocenters. The lowest BCUT2D eigenvalue weighted by molar-refractivity contribution is -0.129. The summed E-state index contributed by atoms with van der Waals surface area (Å²) in [5.74, 6) is 0.327. The van der Waals surface area contributed by atoms with Crippen molar-refractivity contribution < 1.29 is 4.79 Å². The second-order valence-corrected chi connectivity index (χ2v) is 7.66. The number of rotatable bonds is 6. The average Bonchev–Trinajstić information content (AvgIpc) is 2.65. The van der Waals surface area contributed by atoms with Crippen molar-refractivity contribution >= 4 is 17.7 Å². The Kier molecular flexibility index (Phi) is 6.14. The van der Waals surface area contributed by atoms with E-state index in [0.29, 0.717) is 5.16 Å². The molecule has 1 N–H and O–H groups in total. The van der Waals surface area contributed by atoms with E-state index in [-0.39, 0.29) is 23.3 Å². The van der Waals surface area contributed by atoms with E-state index in [0.717, 1.165) is 37.8 Å². The van der Waals surface area contributed by atoms with Crippen LogP contribution in [0.4, 0.5) is 0 Å². The van der Waals surface area contributed by atoms with Crippen LogP contribution in [0.2, 0.25) is 0 Å². The van der Waals surface area contributed by atoms with E-state index in [1.807, 2.05) is 18.0 Å². The van der Waals surface area contributed by atoms with Crippen LogP contribution in [0.3, 0.4) is 0 Å². The molecule has 0 bridgehead atoms. The number of aryl methyl sites for hydroxylation is 2. The maximum absolute atomic E-state index is 12.7. The summed E-state index contributed by atoms with van der Waals surface area (Å²) >= 11 is 1.30. The SMILES string of the molecule is CCCc1cc(=O)[nH]c(SCC(=O)N(C)[C@@H]2CCCc3ccccc32)n1. The normalized spacial score (nSPS) is 16.2. The van der Waals surface area contributed by atoms with Crippen molar-refractivity contribution in [3.8, 4) is 0 Å². The van der Waals surface area contributed by atoms with Crippen LogP contribution in [0.5, 0.6) is 0 Å². The highest BCUT2D eigenvalue weighted by molar-refractivity contribution is 7.99. The number of H-pyrrole nitrogens is 1. The molecule has 0 spiro atoms. The Morgan fingerprint density at radius 3 is 3.00 bits per heavy atom. The van der Waals surface area contributed by atoms with Crippen molar-refractivity contribution in [2.45, 2.75) is 50.2 Å². The number of fused-ring (bicyclic) bond motifs is 1. The molecule has 0 unspecified atom stereocenters. The smallest absolute Gasteiger partial charge is 0.251 e. The largest absolute Gasteiger partial charge is 0.338 e. The zero-order chi connectivity index (χ0) is 18.5. The molecule has 0 fully saturated rings. The van der Waals surface area contributed by atoms with E-state index in [1.54, 1.807) is 0 Å². The predicted molar refractivity (Wildman–Crippen MR) is 104 cm³/mol. The van der Waals surface area contributed by atoms with E-state index >= 15 is 0 Å². The molecule has 1 heterocycles. The molecule has 5 nitrogen and oxygen atoms in total. The van der Waals surface area contributed by atoms with Crippen LogP contribution >= 0.6 is 11.8 Å². The number of nitrogens with zero attached hydrogens (tertiary/aromatic N) is 2. The highest BCUT2D eigenvalue weighted by Gasteiger charge is 2.26. The number of hydrogen-bond donors (Lipinski definition) is 1. The minimum Gasteiger partial charge on any atom is -0.338 e. The average molecular weight is 372 g/mol. The molecule has 2 aromatic rings. The summed E-state index contributed by atoms with van der Waals surface area (Å²) in [6.45, 7) is 2.05. The first-order chi connectivity index (χ1) is 12.6. The number of aromatic nitrogens is 2. The molecular weight excluding hydrogens is 346 g/mol. The van der Waals surface area contributed by atoms with Gasteiger partial charge in [-0.1, -0.05) is 49.4 Å². The van der Waals surface area contributed by atoms with Gasteiger partial charge in [0.05, 0.1) is 11.8 Å². The van der Waals surface area contributed by atoms with Crippen LogP contribution in [-0.2, 0) is 17.6 Å². The molecule has 1 aliphatic carbocycles. The van der Waals surface area contributed by atoms with Crippen molar-refractivity contribution in [2.75, 3.05) is 12.8 Å². The van der Waals surface area contributed by atoms with Crippen molar-refractivity contribution in [3.05, 3.63) is 57.5 Å². The molecule has 26 heavy (non-hydrogen) atoms. The van der Waals surface area contributed by atoms with Crippen LogP contribution in [-0.4, -0.2) is 33.6 Å². The van der Waals surface area contributed by atoms with Gasteiger partial charge in [0.1, 0.15) is 0 Å². The lowest BCUT2D eigenvalue weighted by Gasteiger charge is -2.33. The van der Waals surface area contributed by atoms with Gasteiger partial charge < -0.3 is 9.88 Å². The van der Waals surface area contributed by atoms with E-state index < -0.39 is 0 Å². The number of hydrogen-bond acceptors (Lipinski definition) is 4. The van der Waals surface area contributed by atoms with Gasteiger partial charge in [0.25, 0.3) is 5.56 Å². The molecule has 1 aliphatic rings. The van der Waals surface area contributed by atoms with Gasteiger partial charge in [-0.25, -0.2) is 4.98 Å². The Labute approximate surface area is 158 Å². The summed E-state index contributed by atoms with van der Waals surface area (Å²) in [5.41, 5.74) is 3.22. The molecule has 0 saturated heterocycles. The summed E-state index contributed by atoms with van der Waals surface area (Å²) in [7, 11) is 1.87. The minimum atomic E-state index is -0.159. The molecule has 0 saturated carbocycles. The lowest BCUT2D eigenvalue weighted by Crippen LogP contribution is -2.34. The summed E-state index contributed by atoms with van der Waals surface area (Å²) in [5, 5.41) is 0.520.